The number of pyridine rings is 1. The minimum atomic E-state index is -1.49. The summed E-state index contributed by atoms with van der Waals surface area (Å²) in [5.74, 6) is -0.274. The maximum atomic E-state index is 13.9. The lowest BCUT2D eigenvalue weighted by Gasteiger charge is -2.30. The summed E-state index contributed by atoms with van der Waals surface area (Å²) >= 11 is 0. The van der Waals surface area contributed by atoms with E-state index in [1.54, 1.807) is 12.1 Å². The minimum Gasteiger partial charge on any atom is -0.306 e. The molecule has 0 bridgehead atoms. The van der Waals surface area contributed by atoms with Gasteiger partial charge >= 0.3 is 0 Å². The van der Waals surface area contributed by atoms with E-state index in [0.29, 0.717) is 17.9 Å². The Kier molecular flexibility index (Phi) is 11.2. The molecule has 1 amide bonds. The van der Waals surface area contributed by atoms with Crippen LogP contribution in [0.15, 0.2) is 95.9 Å². The molecule has 0 saturated heterocycles. The first-order chi connectivity index (χ1) is 20.4. The summed E-state index contributed by atoms with van der Waals surface area (Å²) < 4.78 is 29.7. The van der Waals surface area contributed by atoms with E-state index in [2.05, 4.69) is 40.9 Å². The maximum absolute atomic E-state index is 13.9. The van der Waals surface area contributed by atoms with Gasteiger partial charge in [0, 0.05) is 23.8 Å². The molecular weight excluding hydrogens is 545 g/mol. The van der Waals surface area contributed by atoms with Gasteiger partial charge in [0.05, 0.1) is 17.1 Å². The van der Waals surface area contributed by atoms with Gasteiger partial charge in [-0.3, -0.25) is 9.78 Å². The average Bonchev–Trinajstić information content (AvgIpc) is 3.01. The summed E-state index contributed by atoms with van der Waals surface area (Å²) in [6.07, 6.45) is 3.08. The number of anilines is 1. The van der Waals surface area contributed by atoms with Crippen molar-refractivity contribution in [2.45, 2.75) is 76.8 Å². The molecule has 1 aliphatic rings. The molecule has 3 atom stereocenters. The maximum Gasteiger partial charge on any atom is 0.227 e. The van der Waals surface area contributed by atoms with Crippen molar-refractivity contribution in [3.05, 3.63) is 125 Å². The SMILES string of the molecule is CC.Cc1cccc(CN(C(=O)CC(C)c2ccccc2)c2ccc3c(c2)C(NS(=O)c2ccc(F)cc2)CCC3)n1. The van der Waals surface area contributed by atoms with Crippen LogP contribution in [0.4, 0.5) is 10.1 Å². The van der Waals surface area contributed by atoms with E-state index in [0.717, 1.165) is 47.5 Å². The number of nitrogens with zero attached hydrogens (tertiary/aromatic N) is 2. The van der Waals surface area contributed by atoms with Crippen molar-refractivity contribution >= 4 is 22.6 Å². The van der Waals surface area contributed by atoms with Gasteiger partial charge < -0.3 is 4.90 Å². The molecule has 42 heavy (non-hydrogen) atoms. The molecule has 0 fully saturated rings. The van der Waals surface area contributed by atoms with E-state index in [1.807, 2.05) is 68.1 Å². The van der Waals surface area contributed by atoms with Crippen molar-refractivity contribution in [3.63, 3.8) is 0 Å². The number of halogens is 1. The van der Waals surface area contributed by atoms with Crippen molar-refractivity contribution in [3.8, 4) is 0 Å². The molecule has 3 aromatic carbocycles. The minimum absolute atomic E-state index is 0.0230. The van der Waals surface area contributed by atoms with Crippen LogP contribution in [0, 0.1) is 12.7 Å². The Balaban J connectivity index is 0.00000198. The van der Waals surface area contributed by atoms with Gasteiger partial charge in [0.15, 0.2) is 0 Å². The monoisotopic (exact) mass is 585 g/mol. The van der Waals surface area contributed by atoms with Gasteiger partial charge in [-0.2, -0.15) is 0 Å². The Labute approximate surface area is 251 Å². The summed E-state index contributed by atoms with van der Waals surface area (Å²) in [6.45, 7) is 8.39. The van der Waals surface area contributed by atoms with Gasteiger partial charge in [-0.15, -0.1) is 0 Å². The fourth-order valence-electron chi connectivity index (χ4n) is 5.28. The standard InChI is InChI=1S/C33H34FN3O2S.C2H6/c1-23(25-9-4-3-5-10-25)20-33(38)37(22-28-12-6-8-24(2)35-28)29-17-14-26-11-7-13-32(31(26)21-29)36-40(39)30-18-15-27(34)16-19-30;1-2/h3-6,8-10,12,14-19,21,23,32,36H,7,11,13,20,22H2,1-2H3;1-2H3. The van der Waals surface area contributed by atoms with Crippen molar-refractivity contribution < 1.29 is 13.4 Å². The summed E-state index contributed by atoms with van der Waals surface area (Å²) in [5, 5.41) is 0. The van der Waals surface area contributed by atoms with Crippen LogP contribution in [0.1, 0.15) is 80.1 Å². The molecule has 1 heterocycles. The van der Waals surface area contributed by atoms with E-state index in [1.165, 1.54) is 17.7 Å². The van der Waals surface area contributed by atoms with Crippen LogP contribution in [-0.2, 0) is 28.7 Å². The van der Waals surface area contributed by atoms with Gasteiger partial charge in [0.25, 0.3) is 0 Å². The number of carbonyl (C=O) groups excluding carboxylic acids is 1. The van der Waals surface area contributed by atoms with Gasteiger partial charge in [-0.1, -0.05) is 63.2 Å². The number of hydrogen-bond acceptors (Lipinski definition) is 3. The van der Waals surface area contributed by atoms with Gasteiger partial charge in [0.1, 0.15) is 16.8 Å². The summed E-state index contributed by atoms with van der Waals surface area (Å²) in [5.41, 5.74) is 5.88. The fourth-order valence-corrected chi connectivity index (χ4v) is 6.30. The molecular formula is C35H40FN3O2S. The zero-order chi connectivity index (χ0) is 30.1. The van der Waals surface area contributed by atoms with Crippen LogP contribution < -0.4 is 9.62 Å². The van der Waals surface area contributed by atoms with E-state index in [-0.39, 0.29) is 23.7 Å². The van der Waals surface area contributed by atoms with Crippen LogP contribution in [0.2, 0.25) is 0 Å². The van der Waals surface area contributed by atoms with Crippen molar-refractivity contribution in [1.29, 1.82) is 0 Å². The Hall–Kier alpha value is -3.68. The number of carbonyl (C=O) groups is 1. The number of nitrogens with one attached hydrogen (secondary N) is 1. The third-order valence-corrected chi connectivity index (χ3v) is 8.65. The Bertz CT molecular complexity index is 1490. The lowest BCUT2D eigenvalue weighted by molar-refractivity contribution is -0.119. The highest BCUT2D eigenvalue weighted by molar-refractivity contribution is 7.83. The molecule has 0 radical (unpaired) electrons. The second kappa shape index (κ2) is 15.0. The van der Waals surface area contributed by atoms with E-state index < -0.39 is 11.0 Å². The molecule has 5 nitrogen and oxygen atoms in total. The molecule has 4 aromatic rings. The number of fused-ring (bicyclic) bond motifs is 1. The van der Waals surface area contributed by atoms with E-state index >= 15 is 0 Å². The highest BCUT2D eigenvalue weighted by Gasteiger charge is 2.26. The topological polar surface area (TPSA) is 62.3 Å². The molecule has 7 heteroatoms. The van der Waals surface area contributed by atoms with Gasteiger partial charge in [-0.25, -0.2) is 13.3 Å². The fraction of sp³-hybridized carbons (Fsp3) is 0.314. The van der Waals surface area contributed by atoms with Crippen molar-refractivity contribution in [2.75, 3.05) is 4.90 Å². The van der Waals surface area contributed by atoms with E-state index in [4.69, 9.17) is 0 Å². The Morgan fingerprint density at radius 3 is 2.48 bits per heavy atom. The molecule has 0 saturated carbocycles. The van der Waals surface area contributed by atoms with Crippen LogP contribution in [0.25, 0.3) is 0 Å². The molecule has 220 valence electrons. The predicted molar refractivity (Wildman–Crippen MR) is 169 cm³/mol. The summed E-state index contributed by atoms with van der Waals surface area (Å²) in [7, 11) is -1.49. The van der Waals surface area contributed by atoms with Crippen LogP contribution in [0.3, 0.4) is 0 Å². The van der Waals surface area contributed by atoms with Gasteiger partial charge in [0.2, 0.25) is 5.91 Å². The third kappa shape index (κ3) is 7.99. The molecule has 0 spiro atoms. The Morgan fingerprint density at radius 2 is 1.76 bits per heavy atom. The first-order valence-electron chi connectivity index (χ1n) is 14.7. The number of aromatic nitrogens is 1. The van der Waals surface area contributed by atoms with Crippen LogP contribution in [-0.4, -0.2) is 15.1 Å². The second-order valence-corrected chi connectivity index (χ2v) is 11.7. The first-order valence-corrected chi connectivity index (χ1v) is 15.9. The molecule has 1 aromatic heterocycles. The van der Waals surface area contributed by atoms with Crippen molar-refractivity contribution in [1.82, 2.24) is 9.71 Å². The number of rotatable bonds is 9. The highest BCUT2D eigenvalue weighted by Crippen LogP contribution is 2.34. The Morgan fingerprint density at radius 1 is 1.02 bits per heavy atom. The predicted octanol–water partition coefficient (Wildman–Crippen LogP) is 7.97. The molecule has 1 N–H and O–H groups in total. The number of benzene rings is 3. The first kappa shape index (κ1) is 31.3. The van der Waals surface area contributed by atoms with Crippen LogP contribution in [0.5, 0.6) is 0 Å². The zero-order valence-electron chi connectivity index (χ0n) is 24.8. The summed E-state index contributed by atoms with van der Waals surface area (Å²) in [4.78, 5) is 20.9. The molecule has 1 aliphatic carbocycles. The van der Waals surface area contributed by atoms with E-state index in [9.17, 15) is 13.4 Å². The largest absolute Gasteiger partial charge is 0.306 e. The third-order valence-electron chi connectivity index (χ3n) is 7.45. The quantitative estimate of drug-likeness (QED) is 0.217. The molecule has 0 aliphatic heterocycles. The van der Waals surface area contributed by atoms with Crippen molar-refractivity contribution in [2.24, 2.45) is 0 Å². The average molecular weight is 586 g/mol. The lowest BCUT2D eigenvalue weighted by Crippen LogP contribution is -2.32. The number of hydrogen-bond donors (Lipinski definition) is 1. The molecule has 3 unspecified atom stereocenters. The smallest absolute Gasteiger partial charge is 0.227 e. The number of aryl methyl sites for hydroxylation is 2. The normalized spacial score (nSPS) is 15.5. The lowest BCUT2D eigenvalue weighted by atomic mass is 9.87. The van der Waals surface area contributed by atoms with Crippen LogP contribution >= 0.6 is 0 Å². The summed E-state index contributed by atoms with van der Waals surface area (Å²) in [6, 6.07) is 27.7. The highest BCUT2D eigenvalue weighted by atomic mass is 32.2. The molecule has 5 rings (SSSR count). The number of amides is 1. The van der Waals surface area contributed by atoms with Gasteiger partial charge in [-0.05, 0) is 97.3 Å². The second-order valence-electron chi connectivity index (χ2n) is 10.4. The zero-order valence-corrected chi connectivity index (χ0v) is 25.7.